The van der Waals surface area contributed by atoms with E-state index in [0.29, 0.717) is 29.6 Å². The van der Waals surface area contributed by atoms with Crippen LogP contribution in [0, 0.1) is 5.82 Å². The maximum absolute atomic E-state index is 14.1. The zero-order valence-electron chi connectivity index (χ0n) is 12.5. The first kappa shape index (κ1) is 16.0. The Hall–Kier alpha value is -1.33. The van der Waals surface area contributed by atoms with Crippen molar-refractivity contribution >= 4 is 17.6 Å². The van der Waals surface area contributed by atoms with E-state index in [2.05, 4.69) is 23.7 Å². The number of hydrogen-bond donors (Lipinski definition) is 1. The minimum absolute atomic E-state index is 0.214. The van der Waals surface area contributed by atoms with Crippen LogP contribution in [-0.4, -0.2) is 48.5 Å². The van der Waals surface area contributed by atoms with Crippen molar-refractivity contribution in [3.05, 3.63) is 34.6 Å². The summed E-state index contributed by atoms with van der Waals surface area (Å²) >= 11 is 6.17. The second kappa shape index (κ2) is 7.09. The Kier molecular flexibility index (Phi) is 5.42. The van der Waals surface area contributed by atoms with Crippen molar-refractivity contribution < 1.29 is 4.39 Å². The van der Waals surface area contributed by atoms with Gasteiger partial charge in [-0.25, -0.2) is 4.39 Å². The quantitative estimate of drug-likeness (QED) is 0.878. The highest BCUT2D eigenvalue weighted by Gasteiger charge is 2.31. The van der Waals surface area contributed by atoms with Crippen LogP contribution in [0.3, 0.4) is 0 Å². The minimum atomic E-state index is -0.301. The third-order valence-corrected chi connectivity index (χ3v) is 4.31. The predicted octanol–water partition coefficient (Wildman–Crippen LogP) is 2.49. The van der Waals surface area contributed by atoms with Gasteiger partial charge in [-0.05, 0) is 25.2 Å². The molecule has 4 nitrogen and oxygen atoms in total. The Bertz CT molecular complexity index is 496. The van der Waals surface area contributed by atoms with Crippen molar-refractivity contribution in [1.29, 1.82) is 0 Å². The largest absolute Gasteiger partial charge is 0.370 e. The van der Waals surface area contributed by atoms with Gasteiger partial charge < -0.3 is 15.5 Å². The van der Waals surface area contributed by atoms with Crippen molar-refractivity contribution in [3.8, 4) is 0 Å². The molecule has 2 N–H and O–H groups in total. The van der Waals surface area contributed by atoms with Crippen LogP contribution in [-0.2, 0) is 0 Å². The zero-order chi connectivity index (χ0) is 15.4. The molecule has 0 aliphatic carbocycles. The van der Waals surface area contributed by atoms with E-state index in [0.717, 1.165) is 19.6 Å². The summed E-state index contributed by atoms with van der Waals surface area (Å²) in [6.45, 7) is 8.23. The molecule has 0 bridgehead atoms. The van der Waals surface area contributed by atoms with E-state index in [-0.39, 0.29) is 11.9 Å². The molecule has 1 aromatic carbocycles. The molecule has 2 rings (SSSR count). The van der Waals surface area contributed by atoms with E-state index in [1.54, 1.807) is 12.1 Å². The van der Waals surface area contributed by atoms with Crippen molar-refractivity contribution in [2.75, 3.05) is 32.7 Å². The lowest BCUT2D eigenvalue weighted by Crippen LogP contribution is -2.42. The number of aliphatic imine (C=N–C) groups is 1. The molecule has 0 fully saturated rings. The number of hydrogen-bond acceptors (Lipinski definition) is 4. The molecule has 116 valence electrons. The first-order valence-electron chi connectivity index (χ1n) is 7.31. The molecular formula is C15H22ClFN4. The zero-order valence-corrected chi connectivity index (χ0v) is 13.3. The lowest BCUT2D eigenvalue weighted by atomic mass is 10.1. The molecule has 1 heterocycles. The number of nitrogens with zero attached hydrogens (tertiary/aromatic N) is 3. The number of guanidine groups is 1. The lowest BCUT2D eigenvalue weighted by molar-refractivity contribution is 0.246. The van der Waals surface area contributed by atoms with Crippen molar-refractivity contribution in [3.63, 3.8) is 0 Å². The predicted molar refractivity (Wildman–Crippen MR) is 85.1 cm³/mol. The second-order valence-electron chi connectivity index (χ2n) is 5.07. The molecule has 0 saturated carbocycles. The Morgan fingerprint density at radius 1 is 1.43 bits per heavy atom. The monoisotopic (exact) mass is 312 g/mol. The Morgan fingerprint density at radius 3 is 2.76 bits per heavy atom. The van der Waals surface area contributed by atoms with E-state index in [1.165, 1.54) is 6.07 Å². The van der Waals surface area contributed by atoms with Gasteiger partial charge in [0, 0.05) is 23.7 Å². The summed E-state index contributed by atoms with van der Waals surface area (Å²) in [5.74, 6) is 0.164. The number of rotatable bonds is 6. The summed E-state index contributed by atoms with van der Waals surface area (Å²) in [7, 11) is 0. The number of halogens is 2. The highest BCUT2D eigenvalue weighted by atomic mass is 35.5. The third-order valence-electron chi connectivity index (χ3n) is 3.98. The first-order valence-corrected chi connectivity index (χ1v) is 7.69. The smallest absolute Gasteiger partial charge is 0.191 e. The molecule has 6 heteroatoms. The van der Waals surface area contributed by atoms with Crippen LogP contribution in [0.4, 0.5) is 4.39 Å². The van der Waals surface area contributed by atoms with Gasteiger partial charge in [0.1, 0.15) is 5.82 Å². The molecule has 1 aliphatic rings. The van der Waals surface area contributed by atoms with E-state index in [9.17, 15) is 4.39 Å². The van der Waals surface area contributed by atoms with Gasteiger partial charge in [-0.3, -0.25) is 4.99 Å². The van der Waals surface area contributed by atoms with E-state index in [1.807, 2.05) is 4.90 Å². The summed E-state index contributed by atoms with van der Waals surface area (Å²) in [6.07, 6.45) is 0. The number of benzene rings is 1. The van der Waals surface area contributed by atoms with E-state index < -0.39 is 0 Å². The normalized spacial score (nSPS) is 18.4. The van der Waals surface area contributed by atoms with Gasteiger partial charge in [-0.15, -0.1) is 0 Å². The SMILES string of the molecule is CCN(CC)CCN1C(N)=NCC1c1c(F)cccc1Cl. The Morgan fingerprint density at radius 2 is 2.14 bits per heavy atom. The second-order valence-corrected chi connectivity index (χ2v) is 5.48. The molecule has 21 heavy (non-hydrogen) atoms. The van der Waals surface area contributed by atoms with Crippen molar-refractivity contribution in [2.45, 2.75) is 19.9 Å². The van der Waals surface area contributed by atoms with Crippen LogP contribution in [0.2, 0.25) is 5.02 Å². The summed E-state index contributed by atoms with van der Waals surface area (Å²) in [5.41, 5.74) is 6.46. The molecule has 0 spiro atoms. The highest BCUT2D eigenvalue weighted by molar-refractivity contribution is 6.31. The maximum atomic E-state index is 14.1. The highest BCUT2D eigenvalue weighted by Crippen LogP contribution is 2.32. The van der Waals surface area contributed by atoms with Crippen LogP contribution in [0.1, 0.15) is 25.5 Å². The molecule has 1 aliphatic heterocycles. The van der Waals surface area contributed by atoms with E-state index in [4.69, 9.17) is 17.3 Å². The first-order chi connectivity index (χ1) is 10.1. The average Bonchev–Trinajstić information content (AvgIpc) is 2.81. The third kappa shape index (κ3) is 3.47. The molecular weight excluding hydrogens is 291 g/mol. The lowest BCUT2D eigenvalue weighted by Gasteiger charge is -2.29. The van der Waals surface area contributed by atoms with Crippen LogP contribution >= 0.6 is 11.6 Å². The van der Waals surface area contributed by atoms with Gasteiger partial charge in [-0.2, -0.15) is 0 Å². The summed E-state index contributed by atoms with van der Waals surface area (Å²) in [6, 6.07) is 4.53. The Balaban J connectivity index is 2.16. The minimum Gasteiger partial charge on any atom is -0.370 e. The van der Waals surface area contributed by atoms with Gasteiger partial charge >= 0.3 is 0 Å². The fraction of sp³-hybridized carbons (Fsp3) is 0.533. The van der Waals surface area contributed by atoms with Gasteiger partial charge in [0.15, 0.2) is 5.96 Å². The summed E-state index contributed by atoms with van der Waals surface area (Å²) in [5, 5.41) is 0.428. The van der Waals surface area contributed by atoms with Crippen molar-refractivity contribution in [2.24, 2.45) is 10.7 Å². The van der Waals surface area contributed by atoms with Crippen LogP contribution in [0.15, 0.2) is 23.2 Å². The maximum Gasteiger partial charge on any atom is 0.191 e. The van der Waals surface area contributed by atoms with Crippen molar-refractivity contribution in [1.82, 2.24) is 9.80 Å². The molecule has 0 amide bonds. The summed E-state index contributed by atoms with van der Waals surface area (Å²) < 4.78 is 14.1. The van der Waals surface area contributed by atoms with Gasteiger partial charge in [0.05, 0.1) is 12.6 Å². The fourth-order valence-corrected chi connectivity index (χ4v) is 2.95. The number of likely N-dealkylation sites (N-methyl/N-ethyl adjacent to an activating group) is 1. The van der Waals surface area contributed by atoms with Crippen LogP contribution < -0.4 is 5.73 Å². The molecule has 0 aromatic heterocycles. The molecule has 1 atom stereocenters. The van der Waals surface area contributed by atoms with Gasteiger partial charge in [-0.1, -0.05) is 31.5 Å². The summed E-state index contributed by atoms with van der Waals surface area (Å²) in [4.78, 5) is 8.51. The van der Waals surface area contributed by atoms with Gasteiger partial charge in [0.2, 0.25) is 0 Å². The molecule has 1 aromatic rings. The Labute approximate surface area is 130 Å². The standard InChI is InChI=1S/C15H22ClFN4/c1-3-20(4-2)8-9-21-13(10-19-15(21)18)14-11(16)6-5-7-12(14)17/h5-7,13H,3-4,8-10H2,1-2H3,(H2,18,19). The van der Waals surface area contributed by atoms with Gasteiger partial charge in [0.25, 0.3) is 0 Å². The fourth-order valence-electron chi connectivity index (χ4n) is 2.66. The average molecular weight is 313 g/mol. The van der Waals surface area contributed by atoms with Crippen LogP contribution in [0.25, 0.3) is 0 Å². The topological polar surface area (TPSA) is 44.9 Å². The molecule has 0 radical (unpaired) electrons. The van der Waals surface area contributed by atoms with Crippen LogP contribution in [0.5, 0.6) is 0 Å². The molecule has 1 unspecified atom stereocenters. The van der Waals surface area contributed by atoms with E-state index >= 15 is 0 Å². The number of nitrogens with two attached hydrogens (primary N) is 1. The molecule has 0 saturated heterocycles.